The quantitative estimate of drug-likeness (QED) is 0.429. The van der Waals surface area contributed by atoms with Gasteiger partial charge in [-0.1, -0.05) is 18.2 Å². The molecule has 0 radical (unpaired) electrons. The van der Waals surface area contributed by atoms with Gasteiger partial charge in [0, 0.05) is 36.5 Å². The minimum atomic E-state index is -4.41. The maximum atomic E-state index is 12.8. The summed E-state index contributed by atoms with van der Waals surface area (Å²) in [7, 11) is 0. The molecule has 0 amide bonds. The van der Waals surface area contributed by atoms with Gasteiger partial charge in [0.2, 0.25) is 5.43 Å². The maximum absolute atomic E-state index is 12.8. The van der Waals surface area contributed by atoms with Gasteiger partial charge in [-0.25, -0.2) is 4.68 Å². The van der Waals surface area contributed by atoms with Crippen LogP contribution in [0.4, 0.5) is 18.9 Å². The van der Waals surface area contributed by atoms with Crippen molar-refractivity contribution in [1.82, 2.24) is 14.8 Å². The van der Waals surface area contributed by atoms with Gasteiger partial charge in [0.25, 0.3) is 0 Å². The normalized spacial score (nSPS) is 15.7. The topological polar surface area (TPSA) is 72.6 Å². The van der Waals surface area contributed by atoms with E-state index in [2.05, 4.69) is 15.2 Å². The predicted octanol–water partition coefficient (Wildman–Crippen LogP) is 4.66. The molecule has 0 fully saturated rings. The number of alkyl halides is 3. The second-order valence-electron chi connectivity index (χ2n) is 7.65. The lowest BCUT2D eigenvalue weighted by molar-refractivity contribution is -0.153. The second kappa shape index (κ2) is 8.62. The summed E-state index contributed by atoms with van der Waals surface area (Å²) in [6.45, 7) is -1.37. The molecule has 3 heterocycles. The number of hydrazone groups is 1. The molecule has 7 nitrogen and oxygen atoms in total. The summed E-state index contributed by atoms with van der Waals surface area (Å²) in [5, 5.41) is 11.7. The summed E-state index contributed by atoms with van der Waals surface area (Å²) in [5.74, 6) is 0.0854. The van der Waals surface area contributed by atoms with Crippen LogP contribution in [0.25, 0.3) is 16.6 Å². The van der Waals surface area contributed by atoms with Crippen LogP contribution >= 0.6 is 0 Å². The number of ether oxygens (including phenoxy) is 1. The number of pyridine rings is 1. The zero-order valence-electron chi connectivity index (χ0n) is 17.7. The Kier molecular flexibility index (Phi) is 5.48. The van der Waals surface area contributed by atoms with Gasteiger partial charge in [-0.3, -0.25) is 14.8 Å². The van der Waals surface area contributed by atoms with Crippen LogP contribution in [-0.2, 0) is 0 Å². The molecular weight excluding hydrogens is 447 g/mol. The van der Waals surface area contributed by atoms with Gasteiger partial charge in [-0.05, 0) is 36.4 Å². The SMILES string of the molecule is O=c1ccn(-c2ccc(OCC(F)(F)F)cc2)nc1C1CC=NN1c1ccnc2ccccc12. The Morgan fingerprint density at radius 1 is 1.03 bits per heavy atom. The number of hydrogen-bond acceptors (Lipinski definition) is 6. The average Bonchev–Trinajstić information content (AvgIpc) is 3.32. The third-order valence-corrected chi connectivity index (χ3v) is 5.36. The van der Waals surface area contributed by atoms with E-state index >= 15 is 0 Å². The first-order valence-corrected chi connectivity index (χ1v) is 10.4. The van der Waals surface area contributed by atoms with Gasteiger partial charge in [0.05, 0.1) is 16.9 Å². The van der Waals surface area contributed by atoms with Gasteiger partial charge in [-0.2, -0.15) is 23.4 Å². The third kappa shape index (κ3) is 4.34. The van der Waals surface area contributed by atoms with Crippen LogP contribution in [-0.4, -0.2) is 33.8 Å². The van der Waals surface area contributed by atoms with Crippen molar-refractivity contribution < 1.29 is 17.9 Å². The number of nitrogens with zero attached hydrogens (tertiary/aromatic N) is 5. The minimum absolute atomic E-state index is 0.0854. The summed E-state index contributed by atoms with van der Waals surface area (Å²) >= 11 is 0. The molecule has 0 bridgehead atoms. The highest BCUT2D eigenvalue weighted by Gasteiger charge is 2.30. The Hall–Kier alpha value is -4.21. The van der Waals surface area contributed by atoms with Crippen molar-refractivity contribution in [2.45, 2.75) is 18.6 Å². The van der Waals surface area contributed by atoms with Gasteiger partial charge >= 0.3 is 6.18 Å². The molecule has 1 unspecified atom stereocenters. The first-order chi connectivity index (χ1) is 16.4. The molecule has 0 saturated carbocycles. The highest BCUT2D eigenvalue weighted by Crippen LogP contribution is 2.35. The molecule has 172 valence electrons. The lowest BCUT2D eigenvalue weighted by Crippen LogP contribution is -2.27. The number of aromatic nitrogens is 3. The number of hydrogen-bond donors (Lipinski definition) is 0. The Bertz CT molecular complexity index is 1410. The summed E-state index contributed by atoms with van der Waals surface area (Å²) in [6.07, 6.45) is 1.03. The molecule has 0 spiro atoms. The molecule has 1 atom stereocenters. The summed E-state index contributed by atoms with van der Waals surface area (Å²) < 4.78 is 43.4. The highest BCUT2D eigenvalue weighted by atomic mass is 19.4. The number of rotatable bonds is 5. The van der Waals surface area contributed by atoms with Gasteiger partial charge in [-0.15, -0.1) is 0 Å². The van der Waals surface area contributed by atoms with Gasteiger partial charge < -0.3 is 4.74 Å². The molecule has 2 aromatic carbocycles. The fraction of sp³-hybridized carbons (Fsp3) is 0.167. The Balaban J connectivity index is 1.45. The third-order valence-electron chi connectivity index (χ3n) is 5.36. The number of benzene rings is 2. The minimum Gasteiger partial charge on any atom is -0.484 e. The van der Waals surface area contributed by atoms with E-state index in [0.29, 0.717) is 17.8 Å². The Morgan fingerprint density at radius 2 is 1.82 bits per heavy atom. The van der Waals surface area contributed by atoms with E-state index in [1.165, 1.54) is 29.1 Å². The van der Waals surface area contributed by atoms with Gasteiger partial charge in [0.15, 0.2) is 6.61 Å². The first-order valence-electron chi connectivity index (χ1n) is 10.4. The van der Waals surface area contributed by atoms with Crippen molar-refractivity contribution in [3.63, 3.8) is 0 Å². The van der Waals surface area contributed by atoms with E-state index in [1.807, 2.05) is 30.3 Å². The van der Waals surface area contributed by atoms with E-state index in [9.17, 15) is 18.0 Å². The standard InChI is InChI=1S/C24H18F3N5O2/c25-24(26,27)15-34-17-7-5-16(6-8-17)31-14-11-22(33)23(30-31)21-10-13-29-32(21)20-9-12-28-19-4-2-1-3-18(19)20/h1-9,11-14,21H,10,15H2. The lowest BCUT2D eigenvalue weighted by atomic mass is 10.1. The van der Waals surface area contributed by atoms with Crippen molar-refractivity contribution >= 4 is 22.8 Å². The van der Waals surface area contributed by atoms with Crippen molar-refractivity contribution in [2.24, 2.45) is 5.10 Å². The van der Waals surface area contributed by atoms with Crippen molar-refractivity contribution in [3.8, 4) is 11.4 Å². The van der Waals surface area contributed by atoms with Crippen molar-refractivity contribution in [3.05, 3.63) is 89.0 Å². The van der Waals surface area contributed by atoms with Crippen LogP contribution in [0.15, 0.2) is 83.0 Å². The van der Waals surface area contributed by atoms with Crippen LogP contribution in [0.3, 0.4) is 0 Å². The summed E-state index contributed by atoms with van der Waals surface area (Å²) in [4.78, 5) is 17.1. The summed E-state index contributed by atoms with van der Waals surface area (Å²) in [5.41, 5.74) is 2.26. The molecule has 4 aromatic rings. The fourth-order valence-electron chi connectivity index (χ4n) is 3.81. The fourth-order valence-corrected chi connectivity index (χ4v) is 3.81. The first kappa shape index (κ1) is 21.6. The van der Waals surface area contributed by atoms with Crippen LogP contribution < -0.4 is 15.2 Å². The van der Waals surface area contributed by atoms with Crippen LogP contribution in [0, 0.1) is 0 Å². The molecule has 0 aliphatic carbocycles. The molecule has 1 aliphatic rings. The highest BCUT2D eigenvalue weighted by molar-refractivity contribution is 5.92. The van der Waals surface area contributed by atoms with E-state index in [-0.39, 0.29) is 11.2 Å². The Labute approximate surface area is 191 Å². The molecule has 0 N–H and O–H groups in total. The molecule has 5 rings (SSSR count). The zero-order chi connectivity index (χ0) is 23.7. The van der Waals surface area contributed by atoms with E-state index in [0.717, 1.165) is 16.6 Å². The average molecular weight is 465 g/mol. The Morgan fingerprint density at radius 3 is 2.62 bits per heavy atom. The van der Waals surface area contributed by atoms with Crippen molar-refractivity contribution in [1.29, 1.82) is 0 Å². The monoisotopic (exact) mass is 465 g/mol. The second-order valence-corrected chi connectivity index (χ2v) is 7.65. The van der Waals surface area contributed by atoms with E-state index in [1.54, 1.807) is 29.6 Å². The van der Waals surface area contributed by atoms with Crippen LogP contribution in [0.2, 0.25) is 0 Å². The molecule has 34 heavy (non-hydrogen) atoms. The summed E-state index contributed by atoms with van der Waals surface area (Å²) in [6, 6.07) is 16.5. The van der Waals surface area contributed by atoms with Crippen LogP contribution in [0.1, 0.15) is 18.2 Å². The molecule has 0 saturated heterocycles. The van der Waals surface area contributed by atoms with Crippen molar-refractivity contribution in [2.75, 3.05) is 11.6 Å². The zero-order valence-corrected chi connectivity index (χ0v) is 17.7. The smallest absolute Gasteiger partial charge is 0.422 e. The molecular formula is C24H18F3N5O2. The number of para-hydroxylation sites is 1. The van der Waals surface area contributed by atoms with E-state index < -0.39 is 18.8 Å². The molecule has 1 aliphatic heterocycles. The largest absolute Gasteiger partial charge is 0.484 e. The molecule has 10 heteroatoms. The van der Waals surface area contributed by atoms with E-state index in [4.69, 9.17) is 4.74 Å². The number of anilines is 1. The lowest BCUT2D eigenvalue weighted by Gasteiger charge is -2.24. The maximum Gasteiger partial charge on any atom is 0.422 e. The molecule has 2 aromatic heterocycles. The predicted molar refractivity (Wildman–Crippen MR) is 121 cm³/mol. The van der Waals surface area contributed by atoms with Crippen LogP contribution in [0.5, 0.6) is 5.75 Å². The van der Waals surface area contributed by atoms with Gasteiger partial charge in [0.1, 0.15) is 17.5 Å². The number of fused-ring (bicyclic) bond motifs is 1. The number of halogens is 3.